The first kappa shape index (κ1) is 26.5. The molecule has 1 N–H and O–H groups in total. The second-order valence-electron chi connectivity index (χ2n) is 9.44. The first-order valence-corrected chi connectivity index (χ1v) is 14.8. The van der Waals surface area contributed by atoms with E-state index in [-0.39, 0.29) is 30.1 Å². The van der Waals surface area contributed by atoms with Crippen LogP contribution < -0.4 is 5.32 Å². The van der Waals surface area contributed by atoms with E-state index in [0.717, 1.165) is 34.7 Å². The van der Waals surface area contributed by atoms with Gasteiger partial charge in [0.15, 0.2) is 0 Å². The Morgan fingerprint density at radius 2 is 1.84 bits per heavy atom. The molecule has 2 aliphatic heterocycles. The van der Waals surface area contributed by atoms with E-state index < -0.39 is 0 Å². The van der Waals surface area contributed by atoms with Gasteiger partial charge in [0.2, 0.25) is 11.8 Å². The number of para-hydroxylation sites is 1. The Labute approximate surface area is 235 Å². The fourth-order valence-corrected chi connectivity index (χ4v) is 6.77. The van der Waals surface area contributed by atoms with Crippen LogP contribution in [0.15, 0.2) is 53.9 Å². The number of thiazole rings is 1. The fourth-order valence-electron chi connectivity index (χ4n) is 4.68. The Kier molecular flexibility index (Phi) is 8.21. The summed E-state index contributed by atoms with van der Waals surface area (Å²) in [6.07, 6.45) is 1.88. The monoisotopic (exact) mass is 564 g/mol. The number of nitrogens with one attached hydrogen (secondary N) is 1. The molecule has 0 aliphatic carbocycles. The van der Waals surface area contributed by atoms with E-state index in [4.69, 9.17) is 12.2 Å². The lowest BCUT2D eigenvalue weighted by Crippen LogP contribution is -2.40. The molecule has 0 bridgehead atoms. The molecular weight excluding hydrogens is 537 g/mol. The lowest BCUT2D eigenvalue weighted by atomic mass is 9.97. The highest BCUT2D eigenvalue weighted by molar-refractivity contribution is 8.23. The number of aromatic nitrogens is 1. The zero-order chi connectivity index (χ0) is 26.6. The van der Waals surface area contributed by atoms with Gasteiger partial charge in [-0.3, -0.25) is 19.3 Å². The number of rotatable bonds is 7. The number of benzene rings is 2. The second kappa shape index (κ2) is 11.8. The molecule has 2 fully saturated rings. The zero-order valence-electron chi connectivity index (χ0n) is 21.0. The summed E-state index contributed by atoms with van der Waals surface area (Å²) in [7, 11) is 0. The third kappa shape index (κ3) is 5.98. The predicted octanol–water partition coefficient (Wildman–Crippen LogP) is 5.33. The van der Waals surface area contributed by atoms with Crippen molar-refractivity contribution in [2.45, 2.75) is 32.1 Å². The van der Waals surface area contributed by atoms with Crippen LogP contribution in [0.4, 0.5) is 5.69 Å². The van der Waals surface area contributed by atoms with E-state index in [1.807, 2.05) is 41.5 Å². The van der Waals surface area contributed by atoms with Gasteiger partial charge < -0.3 is 10.2 Å². The molecule has 0 atom stereocenters. The van der Waals surface area contributed by atoms with Crippen LogP contribution in [0, 0.1) is 6.92 Å². The molecule has 2 aliphatic rings. The van der Waals surface area contributed by atoms with E-state index in [9.17, 15) is 14.4 Å². The Bertz CT molecular complexity index is 1350. The van der Waals surface area contributed by atoms with E-state index in [1.165, 1.54) is 33.6 Å². The van der Waals surface area contributed by atoms with Crippen molar-refractivity contribution in [2.75, 3.05) is 30.7 Å². The number of amides is 3. The third-order valence-electron chi connectivity index (χ3n) is 6.88. The SMILES string of the molecule is Cc1ccc(-c2ccccc2NC(=O)c2csc(C3CCN(C(=O)CCN4C(=O)CSC4=S)CC3)n2)cc1. The van der Waals surface area contributed by atoms with Crippen LogP contribution in [0.1, 0.15) is 46.2 Å². The molecule has 5 rings (SSSR count). The van der Waals surface area contributed by atoms with Crippen molar-refractivity contribution in [1.29, 1.82) is 0 Å². The van der Waals surface area contributed by atoms with E-state index in [0.29, 0.717) is 35.4 Å². The van der Waals surface area contributed by atoms with Crippen molar-refractivity contribution >= 4 is 63.0 Å². The van der Waals surface area contributed by atoms with Gasteiger partial charge in [-0.05, 0) is 31.4 Å². The number of hydrogen-bond acceptors (Lipinski definition) is 7. The number of nitrogens with zero attached hydrogens (tertiary/aromatic N) is 3. The minimum atomic E-state index is -0.229. The largest absolute Gasteiger partial charge is 0.343 e. The van der Waals surface area contributed by atoms with Crippen LogP contribution in [0.5, 0.6) is 0 Å². The van der Waals surface area contributed by atoms with Gasteiger partial charge in [0.05, 0.1) is 10.8 Å². The van der Waals surface area contributed by atoms with Crippen molar-refractivity contribution in [3.63, 3.8) is 0 Å². The second-order valence-corrected chi connectivity index (χ2v) is 11.9. The minimum absolute atomic E-state index is 0.0197. The molecule has 10 heteroatoms. The summed E-state index contributed by atoms with van der Waals surface area (Å²) in [6, 6.07) is 16.0. The van der Waals surface area contributed by atoms with Gasteiger partial charge >= 0.3 is 0 Å². The van der Waals surface area contributed by atoms with E-state index >= 15 is 0 Å². The number of aryl methyl sites for hydroxylation is 1. The first-order chi connectivity index (χ1) is 18.4. The maximum absolute atomic E-state index is 13.1. The third-order valence-corrected chi connectivity index (χ3v) is 9.32. The van der Waals surface area contributed by atoms with Crippen LogP contribution in [-0.4, -0.2) is 62.2 Å². The fraction of sp³-hybridized carbons (Fsp3) is 0.321. The number of anilines is 1. The topological polar surface area (TPSA) is 82.6 Å². The Hall–Kier alpha value is -3.08. The Balaban J connectivity index is 1.16. The average molecular weight is 565 g/mol. The standard InChI is InChI=1S/C28H28N4O3S3/c1-18-6-8-19(9-7-18)21-4-2-3-5-22(21)29-26(35)23-16-37-27(30-23)20-10-13-31(14-11-20)24(33)12-15-32-25(34)17-38-28(32)36/h2-9,16,20H,10-15,17H2,1H3,(H,29,35). The number of carbonyl (C=O) groups is 3. The number of thiocarbonyl (C=S) groups is 1. The molecule has 0 saturated carbocycles. The van der Waals surface area contributed by atoms with Crippen LogP contribution in [0.25, 0.3) is 11.1 Å². The highest BCUT2D eigenvalue weighted by Crippen LogP contribution is 2.32. The van der Waals surface area contributed by atoms with Crippen LogP contribution in [0.2, 0.25) is 0 Å². The van der Waals surface area contributed by atoms with Gasteiger partial charge in [-0.2, -0.15) is 0 Å². The van der Waals surface area contributed by atoms with Gasteiger partial charge in [-0.25, -0.2) is 4.98 Å². The van der Waals surface area contributed by atoms with Crippen molar-refractivity contribution < 1.29 is 14.4 Å². The summed E-state index contributed by atoms with van der Waals surface area (Å²) in [5, 5.41) is 5.78. The van der Waals surface area contributed by atoms with Crippen molar-refractivity contribution in [3.05, 3.63) is 70.2 Å². The molecule has 7 nitrogen and oxygen atoms in total. The highest BCUT2D eigenvalue weighted by Gasteiger charge is 2.29. The number of likely N-dealkylation sites (tertiary alicyclic amines) is 1. The summed E-state index contributed by atoms with van der Waals surface area (Å²) in [4.78, 5) is 45.7. The summed E-state index contributed by atoms with van der Waals surface area (Å²) in [5.41, 5.74) is 4.34. The van der Waals surface area contributed by atoms with Crippen molar-refractivity contribution in [1.82, 2.24) is 14.8 Å². The van der Waals surface area contributed by atoms with Gasteiger partial charge in [0, 0.05) is 48.6 Å². The zero-order valence-corrected chi connectivity index (χ0v) is 23.5. The summed E-state index contributed by atoms with van der Waals surface area (Å²) < 4.78 is 0.559. The lowest BCUT2D eigenvalue weighted by molar-refractivity contribution is -0.132. The summed E-state index contributed by atoms with van der Waals surface area (Å²) >= 11 is 8.04. The molecule has 0 radical (unpaired) electrons. The first-order valence-electron chi connectivity index (χ1n) is 12.6. The van der Waals surface area contributed by atoms with Crippen LogP contribution >= 0.6 is 35.3 Å². The van der Waals surface area contributed by atoms with Crippen molar-refractivity contribution in [3.8, 4) is 11.1 Å². The molecular formula is C28H28N4O3S3. The van der Waals surface area contributed by atoms with Crippen molar-refractivity contribution in [2.24, 2.45) is 0 Å². The summed E-state index contributed by atoms with van der Waals surface area (Å²) in [5.74, 6) is 0.379. The van der Waals surface area contributed by atoms with Crippen LogP contribution in [0.3, 0.4) is 0 Å². The normalized spacial score (nSPS) is 16.2. The molecule has 3 aromatic rings. The highest BCUT2D eigenvalue weighted by atomic mass is 32.2. The predicted molar refractivity (Wildman–Crippen MR) is 157 cm³/mol. The van der Waals surface area contributed by atoms with Gasteiger partial charge in [-0.1, -0.05) is 72.0 Å². The van der Waals surface area contributed by atoms with Gasteiger partial charge in [0.25, 0.3) is 5.91 Å². The van der Waals surface area contributed by atoms with Gasteiger partial charge in [-0.15, -0.1) is 11.3 Å². The molecule has 38 heavy (non-hydrogen) atoms. The number of carbonyl (C=O) groups excluding carboxylic acids is 3. The quantitative estimate of drug-likeness (QED) is 0.391. The summed E-state index contributed by atoms with van der Waals surface area (Å²) in [6.45, 7) is 3.68. The van der Waals surface area contributed by atoms with Gasteiger partial charge in [0.1, 0.15) is 10.0 Å². The smallest absolute Gasteiger partial charge is 0.275 e. The van der Waals surface area contributed by atoms with Crippen LogP contribution in [-0.2, 0) is 9.59 Å². The lowest BCUT2D eigenvalue weighted by Gasteiger charge is -2.31. The maximum Gasteiger partial charge on any atom is 0.275 e. The number of piperidine rings is 1. The number of thioether (sulfide) groups is 1. The number of hydrogen-bond donors (Lipinski definition) is 1. The minimum Gasteiger partial charge on any atom is -0.343 e. The molecule has 0 spiro atoms. The van der Waals surface area contributed by atoms with E-state index in [1.54, 1.807) is 0 Å². The molecule has 3 heterocycles. The molecule has 2 aromatic carbocycles. The molecule has 1 aromatic heterocycles. The molecule has 3 amide bonds. The Morgan fingerprint density at radius 1 is 1.11 bits per heavy atom. The van der Waals surface area contributed by atoms with E-state index in [2.05, 4.69) is 34.6 Å². The Morgan fingerprint density at radius 3 is 2.55 bits per heavy atom. The molecule has 0 unspecified atom stereocenters. The average Bonchev–Trinajstić information content (AvgIpc) is 3.55. The molecule has 196 valence electrons. The maximum atomic E-state index is 13.1. The molecule has 2 saturated heterocycles.